The predicted molar refractivity (Wildman–Crippen MR) is 65.8 cm³/mol. The van der Waals surface area contributed by atoms with Crippen molar-refractivity contribution < 1.29 is 4.39 Å². The zero-order chi connectivity index (χ0) is 11.8. The molecule has 3 rings (SSSR count). The first-order valence-electron chi connectivity index (χ1n) is 6.47. The van der Waals surface area contributed by atoms with Gasteiger partial charge >= 0.3 is 0 Å². The Kier molecular flexibility index (Phi) is 2.89. The maximum absolute atomic E-state index is 13.3. The topological polar surface area (TPSA) is 29.3 Å². The first-order valence-corrected chi connectivity index (χ1v) is 6.47. The van der Waals surface area contributed by atoms with Crippen LogP contribution in [0.25, 0.3) is 0 Å². The molecule has 1 saturated heterocycles. The van der Waals surface area contributed by atoms with Gasteiger partial charge in [0, 0.05) is 25.7 Å². The van der Waals surface area contributed by atoms with E-state index in [1.54, 1.807) is 6.07 Å². The fourth-order valence-electron chi connectivity index (χ4n) is 3.38. The summed E-state index contributed by atoms with van der Waals surface area (Å²) >= 11 is 0. The summed E-state index contributed by atoms with van der Waals surface area (Å²) in [6.45, 7) is 2.55. The van der Waals surface area contributed by atoms with Gasteiger partial charge in [0.15, 0.2) is 0 Å². The van der Waals surface area contributed by atoms with Crippen molar-refractivity contribution in [2.45, 2.75) is 38.4 Å². The molecule has 2 fully saturated rings. The molecule has 0 aromatic heterocycles. The van der Waals surface area contributed by atoms with E-state index in [1.165, 1.54) is 31.9 Å². The van der Waals surface area contributed by atoms with Crippen molar-refractivity contribution in [3.8, 4) is 0 Å². The van der Waals surface area contributed by atoms with Crippen molar-refractivity contribution >= 4 is 0 Å². The number of likely N-dealkylation sites (tertiary alicyclic amines) is 1. The van der Waals surface area contributed by atoms with Crippen LogP contribution in [-0.4, -0.2) is 17.5 Å². The van der Waals surface area contributed by atoms with Crippen molar-refractivity contribution in [2.24, 2.45) is 11.7 Å². The molecule has 0 radical (unpaired) electrons. The van der Waals surface area contributed by atoms with Gasteiger partial charge in [-0.1, -0.05) is 6.07 Å². The Morgan fingerprint density at radius 2 is 2.18 bits per heavy atom. The molecule has 2 unspecified atom stereocenters. The second kappa shape index (κ2) is 4.39. The van der Waals surface area contributed by atoms with Crippen LogP contribution in [0, 0.1) is 11.7 Å². The Morgan fingerprint density at radius 3 is 2.82 bits per heavy atom. The molecule has 2 bridgehead atoms. The number of hydrogen-bond donors (Lipinski definition) is 1. The van der Waals surface area contributed by atoms with Crippen LogP contribution in [-0.2, 0) is 13.1 Å². The number of halogens is 1. The van der Waals surface area contributed by atoms with Gasteiger partial charge in [0.25, 0.3) is 0 Å². The van der Waals surface area contributed by atoms with E-state index in [-0.39, 0.29) is 5.82 Å². The van der Waals surface area contributed by atoms with Gasteiger partial charge in [0.2, 0.25) is 0 Å². The first kappa shape index (κ1) is 11.2. The van der Waals surface area contributed by atoms with E-state index in [2.05, 4.69) is 4.90 Å². The van der Waals surface area contributed by atoms with Gasteiger partial charge in [-0.25, -0.2) is 4.39 Å². The normalized spacial score (nSPS) is 27.9. The second-order valence-corrected chi connectivity index (χ2v) is 5.38. The zero-order valence-electron chi connectivity index (χ0n) is 10.0. The lowest BCUT2D eigenvalue weighted by Gasteiger charge is -2.27. The summed E-state index contributed by atoms with van der Waals surface area (Å²) in [5, 5.41) is 0. The Hall–Kier alpha value is -0.930. The highest BCUT2D eigenvalue weighted by atomic mass is 19.1. The van der Waals surface area contributed by atoms with Crippen molar-refractivity contribution in [3.05, 3.63) is 35.1 Å². The molecule has 0 amide bonds. The zero-order valence-corrected chi connectivity index (χ0v) is 10.0. The third-order valence-electron chi connectivity index (χ3n) is 4.28. The van der Waals surface area contributed by atoms with Crippen LogP contribution < -0.4 is 5.73 Å². The Labute approximate surface area is 102 Å². The van der Waals surface area contributed by atoms with Gasteiger partial charge in [-0.05, 0) is 48.4 Å². The molecule has 92 valence electrons. The monoisotopic (exact) mass is 234 g/mol. The van der Waals surface area contributed by atoms with E-state index in [1.807, 2.05) is 6.07 Å². The Balaban J connectivity index is 1.78. The molecule has 2 aliphatic rings. The highest BCUT2D eigenvalue weighted by Crippen LogP contribution is 2.38. The molecule has 1 aromatic rings. The number of piperidine rings is 1. The molecular formula is C14H19FN2. The maximum atomic E-state index is 13.3. The van der Waals surface area contributed by atoms with Crippen molar-refractivity contribution in [1.29, 1.82) is 0 Å². The van der Waals surface area contributed by atoms with Gasteiger partial charge in [0.1, 0.15) is 5.82 Å². The summed E-state index contributed by atoms with van der Waals surface area (Å²) in [4.78, 5) is 2.50. The van der Waals surface area contributed by atoms with Crippen molar-refractivity contribution in [1.82, 2.24) is 4.90 Å². The number of rotatable bonds is 3. The average molecular weight is 234 g/mol. The van der Waals surface area contributed by atoms with Crippen LogP contribution in [0.2, 0.25) is 0 Å². The Morgan fingerprint density at radius 1 is 1.29 bits per heavy atom. The van der Waals surface area contributed by atoms with E-state index in [4.69, 9.17) is 5.73 Å². The average Bonchev–Trinajstić information content (AvgIpc) is 2.91. The van der Waals surface area contributed by atoms with Gasteiger partial charge in [-0.15, -0.1) is 0 Å². The van der Waals surface area contributed by atoms with E-state index in [9.17, 15) is 4.39 Å². The number of benzene rings is 1. The lowest BCUT2D eigenvalue weighted by atomic mass is 10.0. The second-order valence-electron chi connectivity index (χ2n) is 5.38. The standard InChI is InChI=1S/C14H19FN2/c15-13-3-2-11(7-16)12(6-13)9-17-8-10-1-4-14(17)5-10/h2-3,6,10,14H,1,4-5,7-9,16H2. The molecule has 1 heterocycles. The minimum atomic E-state index is -0.151. The van der Waals surface area contributed by atoms with Crippen LogP contribution in [0.5, 0.6) is 0 Å². The minimum Gasteiger partial charge on any atom is -0.326 e. The first-order chi connectivity index (χ1) is 8.26. The maximum Gasteiger partial charge on any atom is 0.123 e. The van der Waals surface area contributed by atoms with Crippen LogP contribution in [0.3, 0.4) is 0 Å². The van der Waals surface area contributed by atoms with Gasteiger partial charge in [0.05, 0.1) is 0 Å². The summed E-state index contributed by atoms with van der Waals surface area (Å²) in [5.74, 6) is 0.733. The highest BCUT2D eigenvalue weighted by Gasteiger charge is 2.37. The molecule has 17 heavy (non-hydrogen) atoms. The minimum absolute atomic E-state index is 0.151. The van der Waals surface area contributed by atoms with Crippen LogP contribution >= 0.6 is 0 Å². The SMILES string of the molecule is NCc1ccc(F)cc1CN1CC2CCC1C2. The summed E-state index contributed by atoms with van der Waals surface area (Å²) < 4.78 is 13.3. The molecule has 1 aliphatic carbocycles. The molecule has 0 spiro atoms. The third kappa shape index (κ3) is 2.09. The molecule has 2 nitrogen and oxygen atoms in total. The smallest absolute Gasteiger partial charge is 0.123 e. The van der Waals surface area contributed by atoms with Crippen LogP contribution in [0.4, 0.5) is 4.39 Å². The van der Waals surface area contributed by atoms with Gasteiger partial charge in [-0.3, -0.25) is 4.90 Å². The number of nitrogens with two attached hydrogens (primary N) is 1. The summed E-state index contributed by atoms with van der Waals surface area (Å²) in [6.07, 6.45) is 4.04. The lowest BCUT2D eigenvalue weighted by Crippen LogP contribution is -2.31. The Bertz CT molecular complexity index is 419. The van der Waals surface area contributed by atoms with Crippen molar-refractivity contribution in [2.75, 3.05) is 6.54 Å². The van der Waals surface area contributed by atoms with Crippen molar-refractivity contribution in [3.63, 3.8) is 0 Å². The molecule has 1 aromatic carbocycles. The van der Waals surface area contributed by atoms with Gasteiger partial charge < -0.3 is 5.73 Å². The van der Waals surface area contributed by atoms with E-state index in [0.717, 1.165) is 29.6 Å². The lowest BCUT2D eigenvalue weighted by molar-refractivity contribution is 0.204. The van der Waals surface area contributed by atoms with Crippen LogP contribution in [0.1, 0.15) is 30.4 Å². The molecule has 1 saturated carbocycles. The molecule has 2 atom stereocenters. The summed E-state index contributed by atoms with van der Waals surface area (Å²) in [5.41, 5.74) is 7.86. The molecule has 3 heteroatoms. The quantitative estimate of drug-likeness (QED) is 0.869. The fraction of sp³-hybridized carbons (Fsp3) is 0.571. The van der Waals surface area contributed by atoms with E-state index < -0.39 is 0 Å². The molecule has 1 aliphatic heterocycles. The molecule has 2 N–H and O–H groups in total. The number of fused-ring (bicyclic) bond motifs is 2. The summed E-state index contributed by atoms with van der Waals surface area (Å²) in [7, 11) is 0. The fourth-order valence-corrected chi connectivity index (χ4v) is 3.38. The third-order valence-corrected chi connectivity index (χ3v) is 4.28. The molecular weight excluding hydrogens is 215 g/mol. The van der Waals surface area contributed by atoms with Gasteiger partial charge in [-0.2, -0.15) is 0 Å². The van der Waals surface area contributed by atoms with E-state index >= 15 is 0 Å². The predicted octanol–water partition coefficient (Wildman–Crippen LogP) is 2.27. The number of nitrogens with zero attached hydrogens (tertiary/aromatic N) is 1. The highest BCUT2D eigenvalue weighted by molar-refractivity contribution is 5.28. The number of hydrogen-bond acceptors (Lipinski definition) is 2. The van der Waals surface area contributed by atoms with E-state index in [0.29, 0.717) is 6.54 Å². The summed E-state index contributed by atoms with van der Waals surface area (Å²) in [6, 6.07) is 5.70. The largest absolute Gasteiger partial charge is 0.326 e. The van der Waals surface area contributed by atoms with Crippen LogP contribution in [0.15, 0.2) is 18.2 Å².